The number of nitrogens with one attached hydrogen (secondary N) is 1. The van der Waals surface area contributed by atoms with Crippen LogP contribution in [0.5, 0.6) is 0 Å². The fraction of sp³-hybridized carbons (Fsp3) is 0.545. The maximum Gasteiger partial charge on any atom is 0.254 e. The molecule has 0 radical (unpaired) electrons. The molecule has 2 aromatic heterocycles. The highest BCUT2D eigenvalue weighted by Crippen LogP contribution is 2.24. The van der Waals surface area contributed by atoms with E-state index in [1.54, 1.807) is 23.0 Å². The fourth-order valence-electron chi connectivity index (χ4n) is 4.33. The third-order valence-electron chi connectivity index (χ3n) is 5.93. The second-order valence-electron chi connectivity index (χ2n) is 8.17. The molecule has 0 unspecified atom stereocenters. The maximum absolute atomic E-state index is 13.1. The highest BCUT2D eigenvalue weighted by molar-refractivity contribution is 5.95. The number of pyridine rings is 1. The summed E-state index contributed by atoms with van der Waals surface area (Å²) < 4.78 is 1.78. The number of amides is 2. The van der Waals surface area contributed by atoms with Gasteiger partial charge in [0.1, 0.15) is 5.82 Å². The number of likely N-dealkylation sites (tertiary alicyclic amines) is 1. The molecular formula is C22H30N6O2. The third kappa shape index (κ3) is 4.80. The largest absolute Gasteiger partial charge is 0.357 e. The van der Waals surface area contributed by atoms with Gasteiger partial charge in [-0.2, -0.15) is 5.10 Å². The second kappa shape index (κ2) is 9.28. The summed E-state index contributed by atoms with van der Waals surface area (Å²) in [5.74, 6) is 1.62. The van der Waals surface area contributed by atoms with Gasteiger partial charge < -0.3 is 15.1 Å². The Labute approximate surface area is 177 Å². The van der Waals surface area contributed by atoms with Gasteiger partial charge in [0.05, 0.1) is 0 Å². The predicted molar refractivity (Wildman–Crippen MR) is 115 cm³/mol. The van der Waals surface area contributed by atoms with Gasteiger partial charge in [-0.05, 0) is 50.7 Å². The zero-order valence-electron chi connectivity index (χ0n) is 17.6. The monoisotopic (exact) mass is 410 g/mol. The number of aromatic nitrogens is 3. The van der Waals surface area contributed by atoms with Crippen LogP contribution in [0.15, 0.2) is 30.6 Å². The number of rotatable bonds is 6. The molecule has 0 bridgehead atoms. The maximum atomic E-state index is 13.1. The van der Waals surface area contributed by atoms with E-state index in [1.165, 1.54) is 12.8 Å². The average Bonchev–Trinajstić information content (AvgIpc) is 3.45. The smallest absolute Gasteiger partial charge is 0.254 e. The van der Waals surface area contributed by atoms with Crippen molar-refractivity contribution in [1.29, 1.82) is 0 Å². The summed E-state index contributed by atoms with van der Waals surface area (Å²) in [6.07, 6.45) is 8.20. The third-order valence-corrected chi connectivity index (χ3v) is 5.93. The minimum absolute atomic E-state index is 0.0321. The van der Waals surface area contributed by atoms with Crippen molar-refractivity contribution in [2.24, 2.45) is 5.92 Å². The predicted octanol–water partition coefficient (Wildman–Crippen LogP) is 2.78. The minimum atomic E-state index is -0.0455. The van der Waals surface area contributed by atoms with Crippen LogP contribution in [-0.2, 0) is 11.3 Å². The lowest BCUT2D eigenvalue weighted by atomic mass is 9.94. The molecule has 4 heterocycles. The van der Waals surface area contributed by atoms with E-state index in [2.05, 4.69) is 20.3 Å². The zero-order valence-corrected chi connectivity index (χ0v) is 17.6. The molecule has 30 heavy (non-hydrogen) atoms. The summed E-state index contributed by atoms with van der Waals surface area (Å²) in [6, 6.07) is 5.51. The Morgan fingerprint density at radius 3 is 2.77 bits per heavy atom. The lowest BCUT2D eigenvalue weighted by Crippen LogP contribution is -2.41. The van der Waals surface area contributed by atoms with E-state index in [1.807, 2.05) is 24.1 Å². The van der Waals surface area contributed by atoms with Gasteiger partial charge in [-0.1, -0.05) is 0 Å². The van der Waals surface area contributed by atoms with E-state index in [0.29, 0.717) is 24.3 Å². The fourth-order valence-corrected chi connectivity index (χ4v) is 4.33. The van der Waals surface area contributed by atoms with Crippen LogP contribution in [0.3, 0.4) is 0 Å². The summed E-state index contributed by atoms with van der Waals surface area (Å²) in [4.78, 5) is 34.1. The molecule has 0 spiro atoms. The van der Waals surface area contributed by atoms with Gasteiger partial charge in [0, 0.05) is 63.2 Å². The summed E-state index contributed by atoms with van der Waals surface area (Å²) in [7, 11) is 0. The molecule has 0 saturated carbocycles. The Balaban J connectivity index is 1.34. The van der Waals surface area contributed by atoms with Gasteiger partial charge in [-0.15, -0.1) is 0 Å². The van der Waals surface area contributed by atoms with Crippen LogP contribution in [0, 0.1) is 5.92 Å². The molecule has 2 saturated heterocycles. The van der Waals surface area contributed by atoms with Crippen LogP contribution in [0.2, 0.25) is 0 Å². The molecule has 1 N–H and O–H groups in total. The Hall–Kier alpha value is -2.90. The van der Waals surface area contributed by atoms with Crippen molar-refractivity contribution in [2.75, 3.05) is 36.4 Å². The van der Waals surface area contributed by atoms with Crippen molar-refractivity contribution in [3.63, 3.8) is 0 Å². The molecule has 2 fully saturated rings. The van der Waals surface area contributed by atoms with Crippen molar-refractivity contribution < 1.29 is 9.59 Å². The minimum Gasteiger partial charge on any atom is -0.357 e. The first kappa shape index (κ1) is 20.4. The van der Waals surface area contributed by atoms with Crippen molar-refractivity contribution in [2.45, 2.75) is 45.6 Å². The van der Waals surface area contributed by atoms with Crippen molar-refractivity contribution in [3.8, 4) is 0 Å². The Morgan fingerprint density at radius 2 is 2.00 bits per heavy atom. The van der Waals surface area contributed by atoms with E-state index < -0.39 is 0 Å². The number of hydrogen-bond donors (Lipinski definition) is 1. The average molecular weight is 411 g/mol. The molecule has 160 valence electrons. The quantitative estimate of drug-likeness (QED) is 0.792. The van der Waals surface area contributed by atoms with Gasteiger partial charge in [0.2, 0.25) is 5.91 Å². The van der Waals surface area contributed by atoms with Gasteiger partial charge in [0.25, 0.3) is 5.91 Å². The SMILES string of the molecule is CCn1ccc(NC(=O)C[C@@H]2CCCN(C(=O)c3ccnc(N4CCCC4)c3)C2)n1. The van der Waals surface area contributed by atoms with Gasteiger partial charge in [-0.25, -0.2) is 4.98 Å². The van der Waals surface area contributed by atoms with Crippen molar-refractivity contribution >= 4 is 23.5 Å². The highest BCUT2D eigenvalue weighted by atomic mass is 16.2. The molecule has 8 nitrogen and oxygen atoms in total. The summed E-state index contributed by atoms with van der Waals surface area (Å²) in [6.45, 7) is 6.12. The first-order valence-electron chi connectivity index (χ1n) is 11.0. The standard InChI is InChI=1S/C22H30N6O2/c1-2-28-13-8-19(25-28)24-21(29)14-17-6-5-12-27(16-17)22(30)18-7-9-23-20(15-18)26-10-3-4-11-26/h7-9,13,15,17H,2-6,10-12,14,16H2,1H3,(H,24,25,29)/t17-/m0/s1. The Morgan fingerprint density at radius 1 is 1.17 bits per heavy atom. The van der Waals surface area contributed by atoms with Crippen molar-refractivity contribution in [1.82, 2.24) is 19.7 Å². The summed E-state index contributed by atoms with van der Waals surface area (Å²) >= 11 is 0. The van der Waals surface area contributed by atoms with E-state index in [0.717, 1.165) is 44.8 Å². The van der Waals surface area contributed by atoms with Crippen molar-refractivity contribution in [3.05, 3.63) is 36.2 Å². The van der Waals surface area contributed by atoms with E-state index >= 15 is 0 Å². The van der Waals surface area contributed by atoms with E-state index in [-0.39, 0.29) is 17.7 Å². The number of piperidine rings is 1. The molecule has 2 aromatic rings. The molecule has 8 heteroatoms. The topological polar surface area (TPSA) is 83.4 Å². The normalized spacial score (nSPS) is 19.2. The van der Waals surface area contributed by atoms with Crippen LogP contribution in [-0.4, -0.2) is 57.7 Å². The van der Waals surface area contributed by atoms with Gasteiger partial charge in [0.15, 0.2) is 5.82 Å². The Bertz CT molecular complexity index is 889. The van der Waals surface area contributed by atoms with E-state index in [4.69, 9.17) is 0 Å². The van der Waals surface area contributed by atoms with Crippen LogP contribution >= 0.6 is 0 Å². The van der Waals surface area contributed by atoms with Gasteiger partial charge in [-0.3, -0.25) is 14.3 Å². The number of aryl methyl sites for hydroxylation is 1. The van der Waals surface area contributed by atoms with Crippen LogP contribution in [0.4, 0.5) is 11.6 Å². The molecule has 1 atom stereocenters. The number of carbonyl (C=O) groups is 2. The first-order chi connectivity index (χ1) is 14.6. The van der Waals surface area contributed by atoms with Crippen LogP contribution < -0.4 is 10.2 Å². The Kier molecular flexibility index (Phi) is 6.30. The molecule has 0 aliphatic carbocycles. The highest BCUT2D eigenvalue weighted by Gasteiger charge is 2.27. The van der Waals surface area contributed by atoms with Gasteiger partial charge >= 0.3 is 0 Å². The first-order valence-corrected chi connectivity index (χ1v) is 11.0. The molecule has 0 aromatic carbocycles. The number of nitrogens with zero attached hydrogens (tertiary/aromatic N) is 5. The van der Waals surface area contributed by atoms with E-state index in [9.17, 15) is 9.59 Å². The lowest BCUT2D eigenvalue weighted by molar-refractivity contribution is -0.117. The number of carbonyl (C=O) groups excluding carboxylic acids is 2. The summed E-state index contributed by atoms with van der Waals surface area (Å²) in [5, 5.41) is 7.17. The molecule has 2 amide bonds. The molecular weight excluding hydrogens is 380 g/mol. The molecule has 2 aliphatic heterocycles. The van der Waals surface area contributed by atoms with Crippen LogP contribution in [0.25, 0.3) is 0 Å². The molecule has 2 aliphatic rings. The number of hydrogen-bond acceptors (Lipinski definition) is 5. The zero-order chi connectivity index (χ0) is 20.9. The lowest BCUT2D eigenvalue weighted by Gasteiger charge is -2.32. The summed E-state index contributed by atoms with van der Waals surface area (Å²) in [5.41, 5.74) is 0.683. The molecule has 4 rings (SSSR count). The number of anilines is 2. The second-order valence-corrected chi connectivity index (χ2v) is 8.17. The van der Waals surface area contributed by atoms with Crippen LogP contribution in [0.1, 0.15) is 49.4 Å².